The van der Waals surface area contributed by atoms with Crippen LogP contribution < -0.4 is 11.1 Å². The molecular weight excluding hydrogens is 242 g/mol. The van der Waals surface area contributed by atoms with Gasteiger partial charge in [-0.05, 0) is 31.0 Å². The average Bonchev–Trinajstić information content (AvgIpc) is 2.86. The molecule has 1 fully saturated rings. The number of hydrogen-bond donors (Lipinski definition) is 2. The molecular formula is C14H21N3O2. The first-order valence-electron chi connectivity index (χ1n) is 6.54. The number of nitrogens with zero attached hydrogens (tertiary/aromatic N) is 1. The third-order valence-electron chi connectivity index (χ3n) is 3.67. The van der Waals surface area contributed by atoms with E-state index < -0.39 is 0 Å². The summed E-state index contributed by atoms with van der Waals surface area (Å²) in [5, 5.41) is 2.85. The van der Waals surface area contributed by atoms with Crippen LogP contribution in [0, 0.1) is 0 Å². The molecule has 0 aliphatic carbocycles. The lowest BCUT2D eigenvalue weighted by Crippen LogP contribution is -2.37. The Morgan fingerprint density at radius 2 is 2.37 bits per heavy atom. The van der Waals surface area contributed by atoms with E-state index in [0.29, 0.717) is 6.04 Å². The van der Waals surface area contributed by atoms with Gasteiger partial charge in [0.05, 0.1) is 7.11 Å². The van der Waals surface area contributed by atoms with E-state index in [4.69, 9.17) is 5.73 Å². The molecule has 5 heteroatoms. The minimum atomic E-state index is -0.358. The fourth-order valence-electron chi connectivity index (χ4n) is 2.51. The first kappa shape index (κ1) is 13.7. The molecule has 0 radical (unpaired) electrons. The maximum Gasteiger partial charge on any atom is 0.407 e. The molecule has 2 atom stereocenters. The molecule has 2 rings (SSSR count). The Labute approximate surface area is 113 Å². The van der Waals surface area contributed by atoms with Gasteiger partial charge in [0.25, 0.3) is 0 Å². The number of benzene rings is 1. The zero-order valence-electron chi connectivity index (χ0n) is 11.4. The van der Waals surface area contributed by atoms with E-state index in [0.717, 1.165) is 25.2 Å². The summed E-state index contributed by atoms with van der Waals surface area (Å²) in [6, 6.07) is 8.42. The van der Waals surface area contributed by atoms with Gasteiger partial charge in [0.1, 0.15) is 0 Å². The molecule has 1 aromatic rings. The lowest BCUT2D eigenvalue weighted by molar-refractivity contribution is 0.165. The van der Waals surface area contributed by atoms with Gasteiger partial charge in [-0.25, -0.2) is 4.79 Å². The summed E-state index contributed by atoms with van der Waals surface area (Å²) in [4.78, 5) is 13.5. The third-order valence-corrected chi connectivity index (χ3v) is 3.67. The van der Waals surface area contributed by atoms with Crippen molar-refractivity contribution in [2.45, 2.75) is 25.4 Å². The van der Waals surface area contributed by atoms with Crippen molar-refractivity contribution in [3.05, 3.63) is 29.8 Å². The maximum absolute atomic E-state index is 11.2. The number of rotatable bonds is 3. The van der Waals surface area contributed by atoms with E-state index in [2.05, 4.69) is 27.9 Å². The second-order valence-electron chi connectivity index (χ2n) is 4.96. The van der Waals surface area contributed by atoms with Gasteiger partial charge in [0, 0.05) is 30.9 Å². The van der Waals surface area contributed by atoms with Gasteiger partial charge in [0.2, 0.25) is 0 Å². The molecule has 1 amide bonds. The number of nitrogens with one attached hydrogen (secondary N) is 1. The van der Waals surface area contributed by atoms with Crippen LogP contribution in [0.25, 0.3) is 0 Å². The minimum Gasteiger partial charge on any atom is -0.453 e. The fraction of sp³-hybridized carbons (Fsp3) is 0.500. The van der Waals surface area contributed by atoms with Crippen molar-refractivity contribution < 1.29 is 9.53 Å². The summed E-state index contributed by atoms with van der Waals surface area (Å²) < 4.78 is 4.62. The molecule has 5 nitrogen and oxygen atoms in total. The van der Waals surface area contributed by atoms with Crippen LogP contribution in [0.3, 0.4) is 0 Å². The molecule has 1 aliphatic rings. The molecule has 1 heterocycles. The smallest absolute Gasteiger partial charge is 0.407 e. The van der Waals surface area contributed by atoms with E-state index in [1.807, 2.05) is 18.2 Å². The topological polar surface area (TPSA) is 67.6 Å². The second-order valence-corrected chi connectivity index (χ2v) is 4.96. The number of hydrogen-bond acceptors (Lipinski definition) is 4. The average molecular weight is 263 g/mol. The zero-order valence-corrected chi connectivity index (χ0v) is 11.4. The van der Waals surface area contributed by atoms with Crippen LogP contribution in [0.2, 0.25) is 0 Å². The number of amides is 1. The van der Waals surface area contributed by atoms with Gasteiger partial charge >= 0.3 is 6.09 Å². The number of carbonyl (C=O) groups excluding carboxylic acids is 1. The van der Waals surface area contributed by atoms with Crippen molar-refractivity contribution in [3.63, 3.8) is 0 Å². The van der Waals surface area contributed by atoms with E-state index in [9.17, 15) is 4.79 Å². The molecule has 104 valence electrons. The van der Waals surface area contributed by atoms with Gasteiger partial charge in [-0.1, -0.05) is 12.1 Å². The largest absolute Gasteiger partial charge is 0.453 e. The summed E-state index contributed by atoms with van der Waals surface area (Å²) >= 11 is 0. The first-order chi connectivity index (χ1) is 9.10. The molecule has 0 aromatic heterocycles. The number of nitrogens with two attached hydrogens (primary N) is 1. The molecule has 0 spiro atoms. The molecule has 19 heavy (non-hydrogen) atoms. The Kier molecular flexibility index (Phi) is 4.27. The van der Waals surface area contributed by atoms with Gasteiger partial charge < -0.3 is 15.8 Å². The predicted molar refractivity (Wildman–Crippen MR) is 74.8 cm³/mol. The van der Waals surface area contributed by atoms with Crippen LogP contribution in [-0.2, 0) is 4.74 Å². The lowest BCUT2D eigenvalue weighted by atomic mass is 10.1. The van der Waals surface area contributed by atoms with Crippen molar-refractivity contribution in [1.29, 1.82) is 0 Å². The second kappa shape index (κ2) is 5.93. The zero-order chi connectivity index (χ0) is 13.8. The third kappa shape index (κ3) is 3.38. The molecule has 0 bridgehead atoms. The standard InChI is InChI=1S/C14H21N3O2/c1-10(11-4-3-5-12(15)8-11)17-7-6-13(9-17)16-14(18)19-2/h3-5,8,10,13H,6-7,9,15H2,1-2H3,(H,16,18). The van der Waals surface area contributed by atoms with Gasteiger partial charge in [-0.2, -0.15) is 0 Å². The van der Waals surface area contributed by atoms with Gasteiger partial charge in [-0.3, -0.25) is 4.90 Å². The molecule has 0 saturated carbocycles. The minimum absolute atomic E-state index is 0.163. The van der Waals surface area contributed by atoms with Crippen molar-refractivity contribution in [2.24, 2.45) is 0 Å². The fourth-order valence-corrected chi connectivity index (χ4v) is 2.51. The van der Waals surface area contributed by atoms with E-state index in [-0.39, 0.29) is 12.1 Å². The number of ether oxygens (including phenoxy) is 1. The van der Waals surface area contributed by atoms with Crippen LogP contribution in [0.1, 0.15) is 24.9 Å². The maximum atomic E-state index is 11.2. The summed E-state index contributed by atoms with van der Waals surface area (Å²) in [6.07, 6.45) is 0.588. The SMILES string of the molecule is COC(=O)NC1CCN(C(C)c2cccc(N)c2)C1. The Balaban J connectivity index is 1.95. The molecule has 1 aliphatic heterocycles. The molecule has 2 unspecified atom stereocenters. The monoisotopic (exact) mass is 263 g/mol. The van der Waals surface area contributed by atoms with E-state index >= 15 is 0 Å². The lowest BCUT2D eigenvalue weighted by Gasteiger charge is -2.25. The van der Waals surface area contributed by atoms with Crippen LogP contribution in [-0.4, -0.2) is 37.2 Å². The molecule has 1 aromatic carbocycles. The Hall–Kier alpha value is -1.75. The van der Waals surface area contributed by atoms with Crippen LogP contribution in [0.5, 0.6) is 0 Å². The predicted octanol–water partition coefficient (Wildman–Crippen LogP) is 1.76. The molecule has 3 N–H and O–H groups in total. The highest BCUT2D eigenvalue weighted by Crippen LogP contribution is 2.25. The highest BCUT2D eigenvalue weighted by atomic mass is 16.5. The van der Waals surface area contributed by atoms with Gasteiger partial charge in [-0.15, -0.1) is 0 Å². The Morgan fingerprint density at radius 3 is 3.05 bits per heavy atom. The first-order valence-corrected chi connectivity index (χ1v) is 6.54. The summed E-state index contributed by atoms with van der Waals surface area (Å²) in [5.74, 6) is 0. The van der Waals surface area contributed by atoms with Gasteiger partial charge in [0.15, 0.2) is 0 Å². The van der Waals surface area contributed by atoms with Crippen LogP contribution >= 0.6 is 0 Å². The highest BCUT2D eigenvalue weighted by Gasteiger charge is 2.27. The Morgan fingerprint density at radius 1 is 1.58 bits per heavy atom. The number of alkyl carbamates (subject to hydrolysis) is 1. The quantitative estimate of drug-likeness (QED) is 0.815. The number of likely N-dealkylation sites (tertiary alicyclic amines) is 1. The normalized spacial score (nSPS) is 21.1. The number of anilines is 1. The van der Waals surface area contributed by atoms with E-state index in [1.165, 1.54) is 12.7 Å². The van der Waals surface area contributed by atoms with Crippen molar-refractivity contribution in [1.82, 2.24) is 10.2 Å². The number of methoxy groups -OCH3 is 1. The summed E-state index contributed by atoms with van der Waals surface area (Å²) in [7, 11) is 1.39. The summed E-state index contributed by atoms with van der Waals surface area (Å²) in [5.41, 5.74) is 7.81. The molecule has 1 saturated heterocycles. The van der Waals surface area contributed by atoms with Crippen LogP contribution in [0.4, 0.5) is 10.5 Å². The van der Waals surface area contributed by atoms with Crippen LogP contribution in [0.15, 0.2) is 24.3 Å². The number of carbonyl (C=O) groups is 1. The Bertz CT molecular complexity index is 450. The van der Waals surface area contributed by atoms with Crippen molar-refractivity contribution >= 4 is 11.8 Å². The van der Waals surface area contributed by atoms with Crippen molar-refractivity contribution in [2.75, 3.05) is 25.9 Å². The highest BCUT2D eigenvalue weighted by molar-refractivity contribution is 5.67. The number of nitrogen functional groups attached to an aromatic ring is 1. The van der Waals surface area contributed by atoms with Crippen molar-refractivity contribution in [3.8, 4) is 0 Å². The van der Waals surface area contributed by atoms with E-state index in [1.54, 1.807) is 0 Å². The summed E-state index contributed by atoms with van der Waals surface area (Å²) in [6.45, 7) is 3.96.